The van der Waals surface area contributed by atoms with E-state index in [1.165, 1.54) is 81.1 Å². The van der Waals surface area contributed by atoms with Crippen molar-refractivity contribution in [1.29, 1.82) is 0 Å². The second-order valence-electron chi connectivity index (χ2n) is 14.1. The number of rotatable bonds is 5. The predicted octanol–water partition coefficient (Wildman–Crippen LogP) is 14.3. The van der Waals surface area contributed by atoms with E-state index in [0.29, 0.717) is 0 Å². The van der Waals surface area contributed by atoms with Crippen LogP contribution in [-0.2, 0) is 5.41 Å². The zero-order chi connectivity index (χ0) is 34.1. The third-order valence-corrected chi connectivity index (χ3v) is 11.9. The fourth-order valence-electron chi connectivity index (χ4n) is 8.39. The largest absolute Gasteiger partial charge is 0.309 e. The number of hydrogen-bond acceptors (Lipinski definition) is 2. The maximum Gasteiger partial charge on any atom is 0.0540 e. The Labute approximate surface area is 302 Å². The molecule has 0 spiro atoms. The van der Waals surface area contributed by atoms with Crippen LogP contribution in [0.1, 0.15) is 25.0 Å². The SMILES string of the molecule is CC1(C)c2cc3ccccc3cc2-c2cccc(N(c3ccc4c(c3)sc3ccccc34)c3ccccc3-c3cccc(-c4ccccc4)c3)c21. The molecule has 0 saturated heterocycles. The molecule has 1 nitrogen and oxygen atoms in total. The van der Waals surface area contributed by atoms with E-state index in [4.69, 9.17) is 0 Å². The van der Waals surface area contributed by atoms with E-state index in [1.807, 2.05) is 11.3 Å². The lowest BCUT2D eigenvalue weighted by Gasteiger charge is -2.33. The summed E-state index contributed by atoms with van der Waals surface area (Å²) in [6.45, 7) is 4.80. The van der Waals surface area contributed by atoms with E-state index < -0.39 is 0 Å². The van der Waals surface area contributed by atoms with E-state index in [-0.39, 0.29) is 5.41 Å². The molecule has 0 amide bonds. The van der Waals surface area contributed by atoms with Crippen molar-refractivity contribution in [3.63, 3.8) is 0 Å². The summed E-state index contributed by atoms with van der Waals surface area (Å²) in [5, 5.41) is 5.19. The molecule has 1 aromatic heterocycles. The van der Waals surface area contributed by atoms with Gasteiger partial charge >= 0.3 is 0 Å². The van der Waals surface area contributed by atoms with Gasteiger partial charge in [-0.05, 0) is 98.2 Å². The monoisotopic (exact) mass is 669 g/mol. The lowest BCUT2D eigenvalue weighted by molar-refractivity contribution is 0.661. The van der Waals surface area contributed by atoms with Gasteiger partial charge < -0.3 is 4.90 Å². The fourth-order valence-corrected chi connectivity index (χ4v) is 9.53. The zero-order valence-electron chi connectivity index (χ0n) is 28.6. The Bertz CT molecular complexity index is 2790. The number of para-hydroxylation sites is 1. The van der Waals surface area contributed by atoms with Crippen molar-refractivity contribution in [2.75, 3.05) is 4.90 Å². The molecule has 0 unspecified atom stereocenters. The molecule has 0 aliphatic heterocycles. The Morgan fingerprint density at radius 3 is 1.96 bits per heavy atom. The molecule has 0 atom stereocenters. The molecule has 2 heteroatoms. The summed E-state index contributed by atoms with van der Waals surface area (Å²) < 4.78 is 2.61. The van der Waals surface area contributed by atoms with Gasteiger partial charge in [-0.3, -0.25) is 0 Å². The lowest BCUT2D eigenvalue weighted by atomic mass is 9.80. The predicted molar refractivity (Wildman–Crippen MR) is 220 cm³/mol. The fraction of sp³-hybridized carbons (Fsp3) is 0.0612. The highest BCUT2D eigenvalue weighted by atomic mass is 32.1. The van der Waals surface area contributed by atoms with Crippen LogP contribution < -0.4 is 4.90 Å². The average Bonchev–Trinajstić information content (AvgIpc) is 3.66. The van der Waals surface area contributed by atoms with Crippen molar-refractivity contribution in [3.8, 4) is 33.4 Å². The number of hydrogen-bond donors (Lipinski definition) is 0. The summed E-state index contributed by atoms with van der Waals surface area (Å²) in [5.74, 6) is 0. The van der Waals surface area contributed by atoms with Crippen LogP contribution in [-0.4, -0.2) is 0 Å². The summed E-state index contributed by atoms with van der Waals surface area (Å²) in [7, 11) is 0. The smallest absolute Gasteiger partial charge is 0.0540 e. The summed E-state index contributed by atoms with van der Waals surface area (Å²) in [4.78, 5) is 2.53. The highest BCUT2D eigenvalue weighted by Gasteiger charge is 2.39. The molecular formula is C49H35NS. The van der Waals surface area contributed by atoms with Crippen LogP contribution in [0.25, 0.3) is 64.3 Å². The normalized spacial score (nSPS) is 13.1. The molecule has 1 heterocycles. The van der Waals surface area contributed by atoms with Crippen molar-refractivity contribution in [3.05, 3.63) is 187 Å². The van der Waals surface area contributed by atoms with E-state index >= 15 is 0 Å². The molecule has 8 aromatic carbocycles. The molecule has 9 aromatic rings. The van der Waals surface area contributed by atoms with E-state index in [2.05, 4.69) is 195 Å². The molecule has 10 rings (SSSR count). The van der Waals surface area contributed by atoms with Crippen molar-refractivity contribution in [2.24, 2.45) is 0 Å². The zero-order valence-corrected chi connectivity index (χ0v) is 29.4. The molecule has 1 aliphatic rings. The summed E-state index contributed by atoms with van der Waals surface area (Å²) in [6.07, 6.45) is 0. The van der Waals surface area contributed by atoms with Crippen molar-refractivity contribution >= 4 is 59.3 Å². The van der Waals surface area contributed by atoms with Crippen LogP contribution in [0.2, 0.25) is 0 Å². The molecule has 0 saturated carbocycles. The highest BCUT2D eigenvalue weighted by molar-refractivity contribution is 7.25. The van der Waals surface area contributed by atoms with Crippen LogP contribution in [0.15, 0.2) is 176 Å². The van der Waals surface area contributed by atoms with E-state index in [0.717, 1.165) is 11.4 Å². The van der Waals surface area contributed by atoms with Crippen LogP contribution in [0.5, 0.6) is 0 Å². The minimum atomic E-state index is -0.215. The molecular weight excluding hydrogens is 635 g/mol. The summed E-state index contributed by atoms with van der Waals surface area (Å²) in [5.41, 5.74) is 13.5. The molecule has 1 aliphatic carbocycles. The molecule has 51 heavy (non-hydrogen) atoms. The maximum absolute atomic E-state index is 2.53. The van der Waals surface area contributed by atoms with Gasteiger partial charge in [0, 0.05) is 36.8 Å². The van der Waals surface area contributed by atoms with Crippen LogP contribution >= 0.6 is 11.3 Å². The third kappa shape index (κ3) is 4.75. The van der Waals surface area contributed by atoms with Gasteiger partial charge in [-0.2, -0.15) is 0 Å². The van der Waals surface area contributed by atoms with Crippen molar-refractivity contribution < 1.29 is 0 Å². The van der Waals surface area contributed by atoms with Crippen LogP contribution in [0.3, 0.4) is 0 Å². The van der Waals surface area contributed by atoms with Gasteiger partial charge in [0.25, 0.3) is 0 Å². The van der Waals surface area contributed by atoms with Crippen molar-refractivity contribution in [1.82, 2.24) is 0 Å². The second-order valence-corrected chi connectivity index (χ2v) is 15.2. The van der Waals surface area contributed by atoms with Gasteiger partial charge in [0.2, 0.25) is 0 Å². The van der Waals surface area contributed by atoms with Gasteiger partial charge in [-0.1, -0.05) is 141 Å². The summed E-state index contributed by atoms with van der Waals surface area (Å²) in [6, 6.07) is 64.9. The minimum Gasteiger partial charge on any atom is -0.309 e. The first-order valence-electron chi connectivity index (χ1n) is 17.7. The first-order chi connectivity index (χ1) is 25.0. The standard InChI is InChI=1S/C49H35NS/c1-49(2)43-30-35-17-7-6-16-34(35)29-42(43)41-22-13-24-45(48(41)49)50(37-26-27-40-39-21-9-11-25-46(39)51-47(40)31-37)44-23-10-8-20-38(44)36-19-12-18-33(28-36)32-14-4-3-5-15-32/h3-31H,1-2H3. The van der Waals surface area contributed by atoms with Crippen LogP contribution in [0.4, 0.5) is 17.1 Å². The van der Waals surface area contributed by atoms with Gasteiger partial charge in [0.05, 0.1) is 11.4 Å². The third-order valence-electron chi connectivity index (χ3n) is 10.8. The first kappa shape index (κ1) is 29.9. The second kappa shape index (κ2) is 11.6. The lowest BCUT2D eigenvalue weighted by Crippen LogP contribution is -2.21. The maximum atomic E-state index is 2.53. The number of thiophene rings is 1. The number of benzene rings is 8. The first-order valence-corrected chi connectivity index (χ1v) is 18.5. The van der Waals surface area contributed by atoms with Gasteiger partial charge in [-0.15, -0.1) is 11.3 Å². The van der Waals surface area contributed by atoms with Gasteiger partial charge in [0.1, 0.15) is 0 Å². The molecule has 242 valence electrons. The molecule has 0 bridgehead atoms. The van der Waals surface area contributed by atoms with Crippen LogP contribution in [0, 0.1) is 0 Å². The Kier molecular flexibility index (Phi) is 6.78. The Morgan fingerprint density at radius 1 is 0.431 bits per heavy atom. The molecule has 0 N–H and O–H groups in total. The van der Waals surface area contributed by atoms with Gasteiger partial charge in [0.15, 0.2) is 0 Å². The molecule has 0 fully saturated rings. The Hall–Kier alpha value is -5.96. The number of nitrogens with zero attached hydrogens (tertiary/aromatic N) is 1. The average molecular weight is 670 g/mol. The topological polar surface area (TPSA) is 3.24 Å². The van der Waals surface area contributed by atoms with E-state index in [1.54, 1.807) is 0 Å². The Balaban J connectivity index is 1.23. The highest BCUT2D eigenvalue weighted by Crippen LogP contribution is 2.56. The van der Waals surface area contributed by atoms with E-state index in [9.17, 15) is 0 Å². The number of anilines is 3. The van der Waals surface area contributed by atoms with Crippen molar-refractivity contribution in [2.45, 2.75) is 19.3 Å². The summed E-state index contributed by atoms with van der Waals surface area (Å²) >= 11 is 1.87. The quantitative estimate of drug-likeness (QED) is 0.176. The Morgan fingerprint density at radius 2 is 1.08 bits per heavy atom. The number of fused-ring (bicyclic) bond motifs is 7. The van der Waals surface area contributed by atoms with Gasteiger partial charge in [-0.25, -0.2) is 0 Å². The minimum absolute atomic E-state index is 0.215. The molecule has 0 radical (unpaired) electrons.